The summed E-state index contributed by atoms with van der Waals surface area (Å²) in [7, 11) is 6.53. The van der Waals surface area contributed by atoms with Gasteiger partial charge in [-0.3, -0.25) is 19.3 Å². The number of anilines is 1. The second-order valence-electron chi connectivity index (χ2n) is 13.7. The SMILES string of the molecule is CCCCN(CCCC[N+](C)(C)C)C(=O)CN1C[C@H](c2ccc3c(c2)OCO3)C(C(=O)O)[C@@H]1CCN1C(=O)Cc2ccccc21. The molecule has 45 heavy (non-hydrogen) atoms. The molecular weight excluding hydrogens is 572 g/mol. The van der Waals surface area contributed by atoms with Crippen LogP contribution in [-0.2, 0) is 20.8 Å². The first-order valence-corrected chi connectivity index (χ1v) is 16.4. The molecule has 0 aromatic heterocycles. The number of rotatable bonds is 15. The average Bonchev–Trinajstić information content (AvgIpc) is 3.69. The molecule has 1 N–H and O–H groups in total. The van der Waals surface area contributed by atoms with Crippen molar-refractivity contribution in [3.8, 4) is 11.5 Å². The van der Waals surface area contributed by atoms with E-state index in [1.807, 2.05) is 47.4 Å². The van der Waals surface area contributed by atoms with E-state index in [9.17, 15) is 19.5 Å². The minimum Gasteiger partial charge on any atom is -0.481 e. The molecule has 2 aromatic rings. The maximum Gasteiger partial charge on any atom is 0.308 e. The highest BCUT2D eigenvalue weighted by Crippen LogP contribution is 2.43. The third kappa shape index (κ3) is 7.79. The van der Waals surface area contributed by atoms with Gasteiger partial charge in [-0.2, -0.15) is 0 Å². The van der Waals surface area contributed by atoms with E-state index >= 15 is 0 Å². The predicted molar refractivity (Wildman–Crippen MR) is 173 cm³/mol. The number of benzene rings is 2. The van der Waals surface area contributed by atoms with Gasteiger partial charge in [-0.1, -0.05) is 37.6 Å². The number of unbranched alkanes of at least 4 members (excludes halogenated alkanes) is 2. The summed E-state index contributed by atoms with van der Waals surface area (Å²) < 4.78 is 12.0. The highest BCUT2D eigenvalue weighted by Gasteiger charge is 2.47. The molecule has 0 spiro atoms. The number of hydrogen-bond donors (Lipinski definition) is 1. The Bertz CT molecular complexity index is 1370. The van der Waals surface area contributed by atoms with Crippen LogP contribution in [0.25, 0.3) is 0 Å². The Kier molecular flexibility index (Phi) is 10.3. The summed E-state index contributed by atoms with van der Waals surface area (Å²) in [5, 5.41) is 10.6. The largest absolute Gasteiger partial charge is 0.481 e. The molecule has 5 rings (SSSR count). The van der Waals surface area contributed by atoms with E-state index in [-0.39, 0.29) is 31.1 Å². The van der Waals surface area contributed by atoms with Gasteiger partial charge in [0.1, 0.15) is 0 Å². The lowest BCUT2D eigenvalue weighted by Crippen LogP contribution is -2.46. The number of quaternary nitrogens is 1. The lowest BCUT2D eigenvalue weighted by molar-refractivity contribution is -0.870. The summed E-state index contributed by atoms with van der Waals surface area (Å²) in [6, 6.07) is 13.0. The average molecular weight is 622 g/mol. The number of carbonyl (C=O) groups excluding carboxylic acids is 2. The molecule has 3 heterocycles. The van der Waals surface area contributed by atoms with Crippen molar-refractivity contribution in [1.29, 1.82) is 0 Å². The molecule has 10 nitrogen and oxygen atoms in total. The first kappa shape index (κ1) is 32.8. The van der Waals surface area contributed by atoms with Crippen molar-refractivity contribution >= 4 is 23.5 Å². The summed E-state index contributed by atoms with van der Waals surface area (Å²) >= 11 is 0. The second-order valence-corrected chi connectivity index (χ2v) is 13.7. The number of carboxylic acids is 1. The van der Waals surface area contributed by atoms with Crippen molar-refractivity contribution in [2.75, 3.05) is 72.1 Å². The van der Waals surface area contributed by atoms with Crippen molar-refractivity contribution in [3.05, 3.63) is 53.6 Å². The smallest absolute Gasteiger partial charge is 0.308 e. The van der Waals surface area contributed by atoms with Gasteiger partial charge in [0.05, 0.1) is 46.6 Å². The lowest BCUT2D eigenvalue weighted by atomic mass is 9.84. The Morgan fingerprint density at radius 1 is 1.02 bits per heavy atom. The van der Waals surface area contributed by atoms with Gasteiger partial charge in [0, 0.05) is 43.8 Å². The standard InChI is InChI=1S/C35H48N4O6/c1-5-6-16-36(17-9-10-19-39(2,3)4)33(41)23-37-22-27(25-13-14-30-31(20-25)45-24-44-30)34(35(42)43)29(37)15-18-38-28-12-8-7-11-26(28)21-32(38)40/h7-8,11-14,20,27,29,34H,5-6,9-10,15-19,21-24H2,1-4H3/p+1/t27-,29+,34?/m1/s1. The van der Waals surface area contributed by atoms with Crippen LogP contribution in [0.3, 0.4) is 0 Å². The molecular formula is C35H49N4O6+. The number of para-hydroxylation sites is 1. The summed E-state index contributed by atoms with van der Waals surface area (Å²) in [6.45, 7) is 5.69. The molecule has 244 valence electrons. The molecule has 10 heteroatoms. The van der Waals surface area contributed by atoms with Crippen molar-refractivity contribution in [2.24, 2.45) is 5.92 Å². The number of nitrogens with zero attached hydrogens (tertiary/aromatic N) is 4. The van der Waals surface area contributed by atoms with Gasteiger partial charge < -0.3 is 28.9 Å². The molecule has 2 aromatic carbocycles. The van der Waals surface area contributed by atoms with Crippen LogP contribution in [0.5, 0.6) is 11.5 Å². The van der Waals surface area contributed by atoms with Gasteiger partial charge in [-0.05, 0) is 55.0 Å². The molecule has 1 saturated heterocycles. The Morgan fingerprint density at radius 2 is 1.78 bits per heavy atom. The van der Waals surface area contributed by atoms with Gasteiger partial charge in [-0.15, -0.1) is 0 Å². The summed E-state index contributed by atoms with van der Waals surface area (Å²) in [5.41, 5.74) is 2.74. The van der Waals surface area contributed by atoms with Crippen molar-refractivity contribution < 1.29 is 33.4 Å². The van der Waals surface area contributed by atoms with E-state index in [0.29, 0.717) is 50.5 Å². The third-order valence-electron chi connectivity index (χ3n) is 9.41. The van der Waals surface area contributed by atoms with Gasteiger partial charge in [0.25, 0.3) is 0 Å². The third-order valence-corrected chi connectivity index (χ3v) is 9.41. The minimum atomic E-state index is -0.895. The number of fused-ring (bicyclic) bond motifs is 2. The number of carbonyl (C=O) groups is 3. The van der Waals surface area contributed by atoms with Gasteiger partial charge in [0.2, 0.25) is 18.6 Å². The molecule has 2 amide bonds. The van der Waals surface area contributed by atoms with E-state index in [2.05, 4.69) is 33.0 Å². The van der Waals surface area contributed by atoms with E-state index < -0.39 is 17.9 Å². The predicted octanol–water partition coefficient (Wildman–Crippen LogP) is 3.98. The summed E-state index contributed by atoms with van der Waals surface area (Å²) in [5.74, 6) is -0.664. The number of ether oxygens (including phenoxy) is 2. The zero-order chi connectivity index (χ0) is 32.1. The molecule has 3 atom stereocenters. The number of carboxylic acid groups (broad SMARTS) is 1. The fourth-order valence-electron chi connectivity index (χ4n) is 7.03. The van der Waals surface area contributed by atoms with E-state index in [1.165, 1.54) is 0 Å². The molecule has 1 fully saturated rings. The highest BCUT2D eigenvalue weighted by atomic mass is 16.7. The first-order chi connectivity index (χ1) is 21.6. The Hall–Kier alpha value is -3.63. The quantitative estimate of drug-likeness (QED) is 0.237. The summed E-state index contributed by atoms with van der Waals surface area (Å²) in [4.78, 5) is 45.7. The molecule has 0 bridgehead atoms. The molecule has 0 aliphatic carbocycles. The molecule has 1 unspecified atom stereocenters. The Balaban J connectivity index is 1.37. The highest BCUT2D eigenvalue weighted by molar-refractivity contribution is 6.01. The Morgan fingerprint density at radius 3 is 2.53 bits per heavy atom. The molecule has 3 aliphatic heterocycles. The van der Waals surface area contributed by atoms with Crippen LogP contribution in [-0.4, -0.2) is 110 Å². The van der Waals surface area contributed by atoms with E-state index in [0.717, 1.165) is 53.5 Å². The van der Waals surface area contributed by atoms with Crippen LogP contribution in [0.1, 0.15) is 56.1 Å². The van der Waals surface area contributed by atoms with Gasteiger partial charge in [0.15, 0.2) is 11.5 Å². The number of likely N-dealkylation sites (tertiary alicyclic amines) is 1. The van der Waals surface area contributed by atoms with Crippen molar-refractivity contribution in [3.63, 3.8) is 0 Å². The first-order valence-electron chi connectivity index (χ1n) is 16.4. The minimum absolute atomic E-state index is 0.0237. The number of hydrogen-bond acceptors (Lipinski definition) is 6. The maximum atomic E-state index is 13.9. The maximum absolute atomic E-state index is 13.9. The normalized spacial score (nSPS) is 20.9. The summed E-state index contributed by atoms with van der Waals surface area (Å²) in [6.07, 6.45) is 4.69. The fourth-order valence-corrected chi connectivity index (χ4v) is 7.03. The van der Waals surface area contributed by atoms with Crippen LogP contribution in [0, 0.1) is 5.92 Å². The number of aliphatic carboxylic acids is 1. The second kappa shape index (κ2) is 14.2. The number of amides is 2. The molecule has 0 radical (unpaired) electrons. The molecule has 3 aliphatic rings. The van der Waals surface area contributed by atoms with Crippen LogP contribution >= 0.6 is 0 Å². The topological polar surface area (TPSA) is 99.6 Å². The van der Waals surface area contributed by atoms with Gasteiger partial charge in [-0.25, -0.2) is 0 Å². The monoisotopic (exact) mass is 621 g/mol. The van der Waals surface area contributed by atoms with E-state index in [1.54, 1.807) is 4.90 Å². The van der Waals surface area contributed by atoms with Crippen LogP contribution in [0.15, 0.2) is 42.5 Å². The lowest BCUT2D eigenvalue weighted by Gasteiger charge is -2.31. The van der Waals surface area contributed by atoms with Gasteiger partial charge >= 0.3 is 5.97 Å². The van der Waals surface area contributed by atoms with Crippen LogP contribution in [0.4, 0.5) is 5.69 Å². The van der Waals surface area contributed by atoms with E-state index in [4.69, 9.17) is 9.47 Å². The Labute approximate surface area is 267 Å². The van der Waals surface area contributed by atoms with Crippen LogP contribution in [0.2, 0.25) is 0 Å². The van der Waals surface area contributed by atoms with Crippen LogP contribution < -0.4 is 14.4 Å². The van der Waals surface area contributed by atoms with Crippen molar-refractivity contribution in [1.82, 2.24) is 9.80 Å². The fraction of sp³-hybridized carbons (Fsp3) is 0.571. The molecule has 0 saturated carbocycles. The van der Waals surface area contributed by atoms with Crippen molar-refractivity contribution in [2.45, 2.75) is 57.4 Å². The zero-order valence-electron chi connectivity index (χ0n) is 27.2. The zero-order valence-corrected chi connectivity index (χ0v) is 27.2.